The van der Waals surface area contributed by atoms with Gasteiger partial charge in [-0.3, -0.25) is 19.2 Å². The molecule has 10 aliphatic rings. The van der Waals surface area contributed by atoms with Crippen LogP contribution in [-0.4, -0.2) is 538 Å². The smallest absolute Gasteiger partial charge is 0.364 e. The van der Waals surface area contributed by atoms with Gasteiger partial charge >= 0.3 is 5.97 Å². The number of aliphatic hydroxyl groups is 27. The number of aliphatic carboxylic acids is 1. The Bertz CT molecular complexity index is 3510. The molecule has 10 saturated heterocycles. The summed E-state index contributed by atoms with van der Waals surface area (Å²) in [4.78, 5) is 64.7. The van der Waals surface area contributed by atoms with E-state index in [-0.39, 0.29) is 0 Å². The van der Waals surface area contributed by atoms with E-state index in [2.05, 4.69) is 21.3 Å². The van der Waals surface area contributed by atoms with E-state index in [9.17, 15) is 167 Å². The van der Waals surface area contributed by atoms with E-state index in [1.165, 1.54) is 13.8 Å². The van der Waals surface area contributed by atoms with Gasteiger partial charge in [-0.1, -0.05) is 0 Å². The van der Waals surface area contributed by atoms with Crippen molar-refractivity contribution in [1.82, 2.24) is 21.3 Å². The minimum absolute atomic E-state index is 0.842. The molecular weight excluding hydrogens is 1740 g/mol. The molecule has 10 heterocycles. The largest absolute Gasteiger partial charge is 0.477 e. The molecule has 10 aliphatic heterocycles. The zero-order valence-corrected chi connectivity index (χ0v) is 68.6. The Morgan fingerprint density at radius 3 is 1.24 bits per heavy atom. The van der Waals surface area contributed by atoms with E-state index in [0.29, 0.717) is 0 Å². The summed E-state index contributed by atoms with van der Waals surface area (Å²) in [5.74, 6) is -9.01. The lowest BCUT2D eigenvalue weighted by Crippen LogP contribution is -2.71. The van der Waals surface area contributed by atoms with Crippen LogP contribution in [0.1, 0.15) is 48.0 Å². The molecule has 32 N–H and O–H groups in total. The number of nitrogens with one attached hydrogen (secondary N) is 4. The number of amides is 4. The van der Waals surface area contributed by atoms with Gasteiger partial charge in [-0.05, 0) is 13.8 Å². The molecule has 0 spiro atoms. The lowest BCUT2D eigenvalue weighted by Gasteiger charge is -2.52. The average molecular weight is 1860 g/mol. The summed E-state index contributed by atoms with van der Waals surface area (Å²) < 4.78 is 113. The standard InChI is InChI=1S/C71H118N4O52/c1-16-35(87)44(96)49(101)64(112-16)110-14-30-55(42(94)32(61(106)114-30)73-19(4)82)121-62-33(74-20(5)83)43(95)54(26(11-79)117-62)122-68-53(105)59(41(93)28(119-68)13-109-65-50(102)46(98)38(90)24(9-77)115-65)125-69-60(48(100)39(91)25(10-78)116-69)126-63-34(75-21(6)84)58(124-66-51(103)45(97)36(88)17(2)113-66)56(27(12-80)118-63)123-67-52(104)47(99)40(92)29(120-67)15-111-71(70(107)108)7-22(85)31(72-18(3)81)57(127-71)37(89)23(86)8-76/h16-17,22-69,76-80,85-106H,7-15H2,1-6H3,(H,72,81)(H,73,82)(H,74,83)(H,75,84)(H,107,108)/t16-,17-,22-,23+,24+,25+,26+,27+,28+,29+,30+,31+,32+,33+,34+,35+,36+,37+,38+,39+,40-,41+,42+,43+,44+,45+,46-,47-,48-,49-,50-,51-,52+,53-,54+,55+,56+,57+,58+,59-,60-,61+,62-,63-,64+,65-,66-,67-,68-,69+,71+/m0/s1. The number of rotatable bonds is 33. The van der Waals surface area contributed by atoms with Gasteiger partial charge in [-0.15, -0.1) is 0 Å². The first-order valence-corrected chi connectivity index (χ1v) is 40.5. The Morgan fingerprint density at radius 2 is 0.709 bits per heavy atom. The molecule has 51 atom stereocenters. The number of hydrogen-bond donors (Lipinski definition) is 32. The van der Waals surface area contributed by atoms with E-state index < -0.39 is 401 Å². The maximum Gasteiger partial charge on any atom is 0.364 e. The highest BCUT2D eigenvalue weighted by molar-refractivity contribution is 5.77. The second-order valence-corrected chi connectivity index (χ2v) is 32.4. The Morgan fingerprint density at radius 1 is 0.339 bits per heavy atom. The number of carboxylic acid groups (broad SMARTS) is 1. The second-order valence-electron chi connectivity index (χ2n) is 32.4. The first kappa shape index (κ1) is 105. The Hall–Kier alpha value is -4.49. The van der Waals surface area contributed by atoms with Crippen molar-refractivity contribution in [3.05, 3.63) is 0 Å². The fourth-order valence-electron chi connectivity index (χ4n) is 16.3. The van der Waals surface area contributed by atoms with Crippen LogP contribution in [-0.2, 0) is 114 Å². The Labute approximate surface area is 719 Å². The lowest BCUT2D eigenvalue weighted by atomic mass is 9.88. The number of ether oxygens (including phenoxy) is 19. The molecule has 0 aromatic rings. The minimum Gasteiger partial charge on any atom is -0.477 e. The van der Waals surface area contributed by atoms with E-state index >= 15 is 0 Å². The summed E-state index contributed by atoms with van der Waals surface area (Å²) in [6.45, 7) is -3.09. The molecule has 0 bridgehead atoms. The summed E-state index contributed by atoms with van der Waals surface area (Å²) in [6, 6.07) is -7.65. The molecule has 0 aromatic carbocycles. The van der Waals surface area contributed by atoms with Crippen LogP contribution in [0.15, 0.2) is 0 Å². The van der Waals surface area contributed by atoms with Crippen LogP contribution < -0.4 is 21.3 Å². The summed E-state index contributed by atoms with van der Waals surface area (Å²) in [5.41, 5.74) is 0. The van der Waals surface area contributed by atoms with Crippen molar-refractivity contribution in [3.8, 4) is 0 Å². The molecule has 10 fully saturated rings. The summed E-state index contributed by atoms with van der Waals surface area (Å²) in [7, 11) is 0. The molecule has 0 aromatic heterocycles. The number of carbonyl (C=O) groups is 5. The van der Waals surface area contributed by atoms with Crippen LogP contribution in [0.5, 0.6) is 0 Å². The Balaban J connectivity index is 0.971. The van der Waals surface area contributed by atoms with Gasteiger partial charge < -0.3 is 254 Å². The molecule has 0 aliphatic carbocycles. The highest BCUT2D eigenvalue weighted by Crippen LogP contribution is 2.42. The van der Waals surface area contributed by atoms with E-state index in [1.807, 2.05) is 0 Å². The fourth-order valence-corrected chi connectivity index (χ4v) is 16.3. The van der Waals surface area contributed by atoms with Crippen LogP contribution in [0.4, 0.5) is 0 Å². The third-order valence-electron chi connectivity index (χ3n) is 23.3. The zero-order chi connectivity index (χ0) is 93.9. The van der Waals surface area contributed by atoms with Crippen LogP contribution in [0.3, 0.4) is 0 Å². The van der Waals surface area contributed by atoms with Gasteiger partial charge in [0.25, 0.3) is 5.79 Å². The molecule has 734 valence electrons. The topological polar surface area (TPSA) is 875 Å². The van der Waals surface area contributed by atoms with E-state index in [1.54, 1.807) is 0 Å². The maximum atomic E-state index is 13.7. The number of carbonyl (C=O) groups excluding carboxylic acids is 4. The second kappa shape index (κ2) is 44.8. The van der Waals surface area contributed by atoms with Crippen molar-refractivity contribution >= 4 is 29.6 Å². The number of carboxylic acids is 1. The van der Waals surface area contributed by atoms with Crippen molar-refractivity contribution in [1.29, 1.82) is 0 Å². The first-order valence-electron chi connectivity index (χ1n) is 40.5. The monoisotopic (exact) mass is 1860 g/mol. The van der Waals surface area contributed by atoms with Gasteiger partial charge in [0.1, 0.15) is 226 Å². The molecule has 56 heteroatoms. The van der Waals surface area contributed by atoms with Gasteiger partial charge in [0, 0.05) is 34.1 Å². The highest BCUT2D eigenvalue weighted by atomic mass is 16.8. The van der Waals surface area contributed by atoms with Gasteiger partial charge in [0.05, 0.1) is 77.2 Å². The number of hydrogen-bond acceptors (Lipinski definition) is 51. The van der Waals surface area contributed by atoms with Gasteiger partial charge in [0.2, 0.25) is 23.6 Å². The third kappa shape index (κ3) is 23.2. The van der Waals surface area contributed by atoms with Gasteiger partial charge in [-0.25, -0.2) is 4.79 Å². The Kier molecular flexibility index (Phi) is 36.9. The molecule has 127 heavy (non-hydrogen) atoms. The SMILES string of the molecule is CC(=O)N[C@@H]1[C@@H](O)[C@H](O[C@@H]2O[C@H](CO)[C@@H](O[C@@H]3O[C@H](CO[C@H]4O[C@H](CO)[C@@H](O)[C@H](O)[C@@H]4O)[C@@H](O)[C@H](O[C@H]4O[C@H](CO)[C@@H](O)[C@H](O)[C@@H]4O[C@@H]4O[C@H](CO)[C@@H](O[C@@H]5O[C@H](CO[C@]6(C(=O)O)C[C@H](O)[C@@H](NC(C)=O)[C@H]([C@H](O)[C@H](O)CO)O6)[C@H](O)[C@H](O)[C@H]5O)[C@H](O[C@@H]5O[C@@H](C)[C@@H](O)[C@@H](O)[C@@H]5O)[C@H]4NC(C)=O)[C@@H]3O)[C@H](O)[C@H]2NC(C)=O)[C@@H](CO[C@@H]2O[C@@H](C)[C@@H](O)[C@@H](O)[C@@H]2O)O[C@H]1O. The van der Waals surface area contributed by atoms with Gasteiger partial charge in [0.15, 0.2) is 56.6 Å². The molecular formula is C71H118N4O52. The zero-order valence-electron chi connectivity index (χ0n) is 68.6. The minimum atomic E-state index is -3.15. The molecule has 10 rings (SSSR count). The van der Waals surface area contributed by atoms with Crippen molar-refractivity contribution in [2.45, 2.75) is 360 Å². The van der Waals surface area contributed by atoms with Crippen molar-refractivity contribution in [3.63, 3.8) is 0 Å². The van der Waals surface area contributed by atoms with Gasteiger partial charge in [-0.2, -0.15) is 0 Å². The molecule has 0 unspecified atom stereocenters. The van der Waals surface area contributed by atoms with Crippen molar-refractivity contribution < 1.29 is 257 Å². The quantitative estimate of drug-likeness (QED) is 0.0290. The predicted molar refractivity (Wildman–Crippen MR) is 390 cm³/mol. The van der Waals surface area contributed by atoms with Crippen LogP contribution in [0.2, 0.25) is 0 Å². The first-order chi connectivity index (χ1) is 59.8. The summed E-state index contributed by atoms with van der Waals surface area (Å²) in [5, 5.41) is 322. The van der Waals surface area contributed by atoms with Crippen LogP contribution in [0, 0.1) is 0 Å². The normalized spacial score (nSPS) is 48.7. The van der Waals surface area contributed by atoms with Crippen LogP contribution in [0.25, 0.3) is 0 Å². The lowest BCUT2D eigenvalue weighted by molar-refractivity contribution is -0.403. The third-order valence-corrected chi connectivity index (χ3v) is 23.3. The molecule has 0 saturated carbocycles. The molecule has 56 nitrogen and oxygen atoms in total. The van der Waals surface area contributed by atoms with Crippen molar-refractivity contribution in [2.24, 2.45) is 0 Å². The van der Waals surface area contributed by atoms with E-state index in [0.717, 1.165) is 27.7 Å². The maximum absolute atomic E-state index is 13.7. The fraction of sp³-hybridized carbons (Fsp3) is 0.930. The van der Waals surface area contributed by atoms with Crippen LogP contribution >= 0.6 is 0 Å². The highest BCUT2D eigenvalue weighted by Gasteiger charge is 2.63. The summed E-state index contributed by atoms with van der Waals surface area (Å²) in [6.07, 6.45) is -99.3. The molecule has 4 amide bonds. The van der Waals surface area contributed by atoms with Crippen molar-refractivity contribution in [2.75, 3.05) is 52.9 Å². The van der Waals surface area contributed by atoms with E-state index in [4.69, 9.17) is 90.0 Å². The average Bonchev–Trinajstić information content (AvgIpc) is 0.760. The summed E-state index contributed by atoms with van der Waals surface area (Å²) >= 11 is 0. The predicted octanol–water partition coefficient (Wildman–Crippen LogP) is -21.0. The molecule has 0 radical (unpaired) electrons. The number of aliphatic hydroxyl groups excluding tert-OH is 27.